The van der Waals surface area contributed by atoms with Gasteiger partial charge in [-0.25, -0.2) is 9.18 Å². The first-order valence-electron chi connectivity index (χ1n) is 9.66. The van der Waals surface area contributed by atoms with Crippen molar-refractivity contribution in [3.05, 3.63) is 59.7 Å². The zero-order valence-electron chi connectivity index (χ0n) is 17.9. The van der Waals surface area contributed by atoms with Crippen LogP contribution < -0.4 is 4.90 Å². The van der Waals surface area contributed by atoms with Gasteiger partial charge in [0.05, 0.1) is 23.0 Å². The van der Waals surface area contributed by atoms with Gasteiger partial charge in [-0.2, -0.15) is 31.4 Å². The van der Waals surface area contributed by atoms with Gasteiger partial charge in [-0.3, -0.25) is 10.00 Å². The largest absolute Gasteiger partial charge is 0.465 e. The number of rotatable bonds is 3. The number of anilines is 1. The van der Waals surface area contributed by atoms with E-state index in [9.17, 15) is 40.6 Å². The van der Waals surface area contributed by atoms with Crippen LogP contribution >= 0.6 is 0 Å². The first-order chi connectivity index (χ1) is 15.5. The molecule has 3 rings (SSSR count). The molecular formula is C19H12F7N3O2. The number of nitrogens with one attached hydrogen (secondary N) is 1. The van der Waals surface area contributed by atoms with Gasteiger partial charge in [-0.15, -0.1) is 0 Å². The topological polar surface area (TPSA) is 69.2 Å². The molecule has 0 atom stereocenters. The van der Waals surface area contributed by atoms with Gasteiger partial charge in [0.1, 0.15) is 5.82 Å². The highest BCUT2D eigenvalue weighted by atomic mass is 19.4. The van der Waals surface area contributed by atoms with Crippen molar-refractivity contribution in [3.8, 4) is 22.3 Å². The van der Waals surface area contributed by atoms with Gasteiger partial charge < -0.3 is 5.11 Å². The van der Waals surface area contributed by atoms with Gasteiger partial charge in [-0.05, 0) is 35.9 Å². The fourth-order valence-corrected chi connectivity index (χ4v) is 2.95. The number of hydrogen-bond donors (Lipinski definition) is 2. The van der Waals surface area contributed by atoms with E-state index in [0.717, 1.165) is 12.4 Å². The number of benzene rings is 2. The predicted octanol–water partition coefficient (Wildman–Crippen LogP) is 6.03. The van der Waals surface area contributed by atoms with Crippen LogP contribution in [0.3, 0.4) is 0 Å². The van der Waals surface area contributed by atoms with Crippen LogP contribution in [0, 0.1) is 5.82 Å². The van der Waals surface area contributed by atoms with E-state index < -0.39 is 64.7 Å². The molecule has 2 N–H and O–H groups in total. The standard InChI is InChI=1S/C19H12F7N3O2/c1-29(17(30)31)15-3-2-11(20)6-13(15)16-12(9-7-27-28-8-9)4-10(18(21,22)23)5-14(16)19(24,25)26/h2-8H,1H3,(H,27,28)(H,30,31)/i1D3. The van der Waals surface area contributed by atoms with Crippen LogP contribution in [0.15, 0.2) is 42.7 Å². The first kappa shape index (κ1) is 18.2. The Hall–Kier alpha value is -3.57. The second-order valence-electron chi connectivity index (χ2n) is 6.21. The molecule has 164 valence electrons. The van der Waals surface area contributed by atoms with Gasteiger partial charge in [0.25, 0.3) is 0 Å². The Morgan fingerprint density at radius 3 is 2.32 bits per heavy atom. The summed E-state index contributed by atoms with van der Waals surface area (Å²) in [5.74, 6) is -1.19. The monoisotopic (exact) mass is 450 g/mol. The van der Waals surface area contributed by atoms with Crippen LogP contribution in [0.4, 0.5) is 41.2 Å². The molecule has 1 heterocycles. The van der Waals surface area contributed by atoms with E-state index in [4.69, 9.17) is 4.11 Å². The average Bonchev–Trinajstić information content (AvgIpc) is 3.20. The van der Waals surface area contributed by atoms with Gasteiger partial charge >= 0.3 is 18.4 Å². The van der Waals surface area contributed by atoms with Gasteiger partial charge in [0, 0.05) is 34.0 Å². The summed E-state index contributed by atoms with van der Waals surface area (Å²) in [6.45, 7) is -3.45. The summed E-state index contributed by atoms with van der Waals surface area (Å²) in [6, 6.07) is 1.77. The molecule has 0 spiro atoms. The highest BCUT2D eigenvalue weighted by Crippen LogP contribution is 2.48. The summed E-state index contributed by atoms with van der Waals surface area (Å²) in [6.07, 6.45) is -10.9. The highest BCUT2D eigenvalue weighted by Gasteiger charge is 2.40. The average molecular weight is 450 g/mol. The summed E-state index contributed by atoms with van der Waals surface area (Å²) >= 11 is 0. The van der Waals surface area contributed by atoms with Crippen molar-refractivity contribution < 1.29 is 44.7 Å². The van der Waals surface area contributed by atoms with Crippen molar-refractivity contribution in [1.29, 1.82) is 0 Å². The number of hydrogen-bond acceptors (Lipinski definition) is 2. The molecule has 2 aromatic carbocycles. The number of alkyl halides is 6. The third kappa shape index (κ3) is 4.32. The van der Waals surface area contributed by atoms with Crippen molar-refractivity contribution in [1.82, 2.24) is 10.2 Å². The molecule has 0 saturated carbocycles. The maximum Gasteiger partial charge on any atom is 0.417 e. The number of amides is 1. The van der Waals surface area contributed by atoms with E-state index >= 15 is 0 Å². The molecule has 5 nitrogen and oxygen atoms in total. The van der Waals surface area contributed by atoms with Gasteiger partial charge in [-0.1, -0.05) is 0 Å². The summed E-state index contributed by atoms with van der Waals surface area (Å²) in [5, 5.41) is 15.2. The number of aromatic amines is 1. The molecule has 1 aromatic heterocycles. The SMILES string of the molecule is [2H]C([2H])([2H])N(C(=O)O)c1ccc(F)cc1-c1c(-c2cn[nH]c2)cc(C(F)(F)F)cc1C(F)(F)F. The predicted molar refractivity (Wildman–Crippen MR) is 95.8 cm³/mol. The van der Waals surface area contributed by atoms with Crippen molar-refractivity contribution >= 4 is 11.8 Å². The Morgan fingerprint density at radius 2 is 1.81 bits per heavy atom. The Kier molecular flexibility index (Phi) is 4.47. The minimum absolute atomic E-state index is 0.214. The molecule has 31 heavy (non-hydrogen) atoms. The molecule has 0 aliphatic heterocycles. The lowest BCUT2D eigenvalue weighted by Gasteiger charge is -2.24. The minimum Gasteiger partial charge on any atom is -0.465 e. The van der Waals surface area contributed by atoms with E-state index in [2.05, 4.69) is 10.2 Å². The quantitative estimate of drug-likeness (QED) is 0.479. The van der Waals surface area contributed by atoms with Gasteiger partial charge in [0.15, 0.2) is 0 Å². The number of halogens is 7. The molecule has 12 heteroatoms. The number of carboxylic acid groups (broad SMARTS) is 1. The summed E-state index contributed by atoms with van der Waals surface area (Å²) in [5.41, 5.74) is -7.47. The molecule has 0 radical (unpaired) electrons. The smallest absolute Gasteiger partial charge is 0.417 e. The Morgan fingerprint density at radius 1 is 1.10 bits per heavy atom. The Balaban J connectivity index is 2.54. The fraction of sp³-hybridized carbons (Fsp3) is 0.158. The van der Waals surface area contributed by atoms with Crippen LogP contribution in [0.5, 0.6) is 0 Å². The number of H-pyrrole nitrogens is 1. The number of carbonyl (C=O) groups is 1. The maximum absolute atomic E-state index is 14.2. The molecule has 0 bridgehead atoms. The third-order valence-corrected chi connectivity index (χ3v) is 4.24. The van der Waals surface area contributed by atoms with E-state index in [1.165, 1.54) is 0 Å². The normalized spacial score (nSPS) is 14.0. The molecule has 0 aliphatic carbocycles. The van der Waals surface area contributed by atoms with E-state index in [0.29, 0.717) is 24.3 Å². The molecule has 0 unspecified atom stereocenters. The van der Waals surface area contributed by atoms with Crippen LogP contribution in [-0.4, -0.2) is 28.4 Å². The lowest BCUT2D eigenvalue weighted by Crippen LogP contribution is -2.24. The van der Waals surface area contributed by atoms with Crippen molar-refractivity contribution in [3.63, 3.8) is 0 Å². The van der Waals surface area contributed by atoms with Crippen LogP contribution in [-0.2, 0) is 12.4 Å². The molecule has 3 aromatic rings. The second kappa shape index (κ2) is 7.60. The van der Waals surface area contributed by atoms with Crippen molar-refractivity contribution in [2.24, 2.45) is 0 Å². The molecule has 0 fully saturated rings. The van der Waals surface area contributed by atoms with Crippen LogP contribution in [0.1, 0.15) is 15.2 Å². The summed E-state index contributed by atoms with van der Waals surface area (Å²) in [7, 11) is 0. The number of aromatic nitrogens is 2. The van der Waals surface area contributed by atoms with Crippen molar-refractivity contribution in [2.45, 2.75) is 12.4 Å². The van der Waals surface area contributed by atoms with Crippen molar-refractivity contribution in [2.75, 3.05) is 11.9 Å². The molecule has 0 aliphatic rings. The Bertz CT molecular complexity index is 1220. The third-order valence-electron chi connectivity index (χ3n) is 4.24. The molecule has 1 amide bonds. The Labute approximate surface area is 173 Å². The van der Waals surface area contributed by atoms with Crippen LogP contribution in [0.2, 0.25) is 0 Å². The number of nitrogens with zero attached hydrogens (tertiary/aromatic N) is 2. The highest BCUT2D eigenvalue weighted by molar-refractivity contribution is 5.97. The van der Waals surface area contributed by atoms with E-state index in [1.807, 2.05) is 0 Å². The zero-order chi connectivity index (χ0) is 25.6. The maximum atomic E-state index is 14.2. The fourth-order valence-electron chi connectivity index (χ4n) is 2.95. The first-order valence-corrected chi connectivity index (χ1v) is 8.16. The molecule has 0 saturated heterocycles. The lowest BCUT2D eigenvalue weighted by atomic mass is 9.88. The lowest BCUT2D eigenvalue weighted by molar-refractivity contribution is -0.142. The summed E-state index contributed by atoms with van der Waals surface area (Å²) < 4.78 is 119. The van der Waals surface area contributed by atoms with Crippen LogP contribution in [0.25, 0.3) is 22.3 Å². The summed E-state index contributed by atoms with van der Waals surface area (Å²) in [4.78, 5) is 11.4. The van der Waals surface area contributed by atoms with Gasteiger partial charge in [0.2, 0.25) is 0 Å². The second-order valence-corrected chi connectivity index (χ2v) is 6.21. The van der Waals surface area contributed by atoms with E-state index in [1.54, 1.807) is 0 Å². The minimum atomic E-state index is -5.44. The van der Waals surface area contributed by atoms with E-state index in [-0.39, 0.29) is 16.5 Å². The molecular weight excluding hydrogens is 435 g/mol. The zero-order valence-corrected chi connectivity index (χ0v) is 14.9.